The van der Waals surface area contributed by atoms with Crippen LogP contribution in [0.5, 0.6) is 0 Å². The molecule has 0 saturated carbocycles. The molecule has 1 fully saturated rings. The Kier molecular flexibility index (Phi) is 6.65. The fourth-order valence-corrected chi connectivity index (χ4v) is 4.38. The molecule has 0 aliphatic carbocycles. The molecule has 3 aromatic rings. The smallest absolute Gasteiger partial charge is 0.289 e. The fourth-order valence-electron chi connectivity index (χ4n) is 3.45. The van der Waals surface area contributed by atoms with Gasteiger partial charge in [0.05, 0.1) is 0 Å². The van der Waals surface area contributed by atoms with Crippen molar-refractivity contribution >= 4 is 41.0 Å². The summed E-state index contributed by atoms with van der Waals surface area (Å²) >= 11 is 1.56. The maximum Gasteiger partial charge on any atom is 0.289 e. The molecular weight excluding hydrogens is 399 g/mol. The van der Waals surface area contributed by atoms with E-state index in [1.807, 2.05) is 29.2 Å². The van der Waals surface area contributed by atoms with Gasteiger partial charge < -0.3 is 15.1 Å². The van der Waals surface area contributed by atoms with E-state index in [0.29, 0.717) is 42.6 Å². The Hall–Kier alpha value is -2.02. The Morgan fingerprint density at radius 3 is 2.68 bits per heavy atom. The summed E-state index contributed by atoms with van der Waals surface area (Å²) in [4.78, 5) is 15.9. The first-order valence-corrected chi connectivity index (χ1v) is 10.0. The second-order valence-corrected chi connectivity index (χ2v) is 7.84. The third-order valence-electron chi connectivity index (χ3n) is 5.00. The van der Waals surface area contributed by atoms with Crippen molar-refractivity contribution in [1.29, 1.82) is 0 Å². The van der Waals surface area contributed by atoms with Gasteiger partial charge in [-0.2, -0.15) is 0 Å². The lowest BCUT2D eigenvalue weighted by molar-refractivity contribution is 0.0757. The van der Waals surface area contributed by atoms with Crippen LogP contribution in [0, 0.1) is 11.7 Å². The highest BCUT2D eigenvalue weighted by molar-refractivity contribution is 7.98. The first-order chi connectivity index (χ1) is 13.2. The van der Waals surface area contributed by atoms with Crippen molar-refractivity contribution in [2.75, 3.05) is 19.6 Å². The van der Waals surface area contributed by atoms with Gasteiger partial charge in [-0.05, 0) is 49.2 Å². The second kappa shape index (κ2) is 8.99. The number of carbonyl (C=O) groups is 1. The molecule has 1 aliphatic heterocycles. The minimum absolute atomic E-state index is 0. The molecular formula is C21H22ClFN2O2S. The van der Waals surface area contributed by atoms with E-state index in [1.165, 1.54) is 12.1 Å². The van der Waals surface area contributed by atoms with Gasteiger partial charge in [-0.3, -0.25) is 4.79 Å². The first-order valence-electron chi connectivity index (χ1n) is 9.04. The number of likely N-dealkylation sites (tertiary alicyclic amines) is 1. The molecule has 1 aliphatic rings. The normalized spacial score (nSPS) is 16.4. The number of carbonyl (C=O) groups excluding carboxylic acids is 1. The number of halogens is 2. The number of benzene rings is 2. The van der Waals surface area contributed by atoms with Crippen LogP contribution in [0.15, 0.2) is 57.8 Å². The zero-order chi connectivity index (χ0) is 18.8. The maximum absolute atomic E-state index is 13.1. The number of fused-ring (bicyclic) bond motifs is 1. The van der Waals surface area contributed by atoms with Crippen molar-refractivity contribution in [2.45, 2.75) is 17.1 Å². The van der Waals surface area contributed by atoms with Gasteiger partial charge in [0.2, 0.25) is 0 Å². The van der Waals surface area contributed by atoms with Gasteiger partial charge in [0.25, 0.3) is 5.91 Å². The summed E-state index contributed by atoms with van der Waals surface area (Å²) in [6.45, 7) is 1.98. The van der Waals surface area contributed by atoms with Crippen LogP contribution >= 0.6 is 24.2 Å². The van der Waals surface area contributed by atoms with E-state index in [4.69, 9.17) is 10.2 Å². The van der Waals surface area contributed by atoms with Crippen molar-refractivity contribution in [3.63, 3.8) is 0 Å². The molecule has 1 atom stereocenters. The second-order valence-electron chi connectivity index (χ2n) is 6.79. The fraction of sp³-hybridized carbons (Fsp3) is 0.286. The average molecular weight is 421 g/mol. The van der Waals surface area contributed by atoms with Gasteiger partial charge in [-0.25, -0.2) is 4.39 Å². The van der Waals surface area contributed by atoms with E-state index in [1.54, 1.807) is 23.9 Å². The van der Waals surface area contributed by atoms with E-state index in [9.17, 15) is 9.18 Å². The predicted octanol–water partition coefficient (Wildman–Crippen LogP) is 4.71. The van der Waals surface area contributed by atoms with Crippen molar-refractivity contribution in [2.24, 2.45) is 11.7 Å². The Morgan fingerprint density at radius 1 is 1.21 bits per heavy atom. The Labute approximate surface area is 173 Å². The van der Waals surface area contributed by atoms with E-state index in [0.717, 1.165) is 22.3 Å². The molecule has 2 heterocycles. The molecule has 1 amide bonds. The quantitative estimate of drug-likeness (QED) is 0.607. The third-order valence-corrected chi connectivity index (χ3v) is 6.03. The zero-order valence-corrected chi connectivity index (χ0v) is 16.9. The van der Waals surface area contributed by atoms with Crippen molar-refractivity contribution in [1.82, 2.24) is 4.90 Å². The highest BCUT2D eigenvalue weighted by Crippen LogP contribution is 2.33. The summed E-state index contributed by atoms with van der Waals surface area (Å²) < 4.78 is 19.1. The van der Waals surface area contributed by atoms with E-state index < -0.39 is 0 Å². The van der Waals surface area contributed by atoms with Crippen LogP contribution in [0.3, 0.4) is 0 Å². The number of nitrogens with zero attached hydrogens (tertiary/aromatic N) is 1. The molecule has 7 heteroatoms. The summed E-state index contributed by atoms with van der Waals surface area (Å²) in [7, 11) is 0. The molecule has 1 saturated heterocycles. The molecule has 0 spiro atoms. The van der Waals surface area contributed by atoms with Crippen LogP contribution in [-0.2, 0) is 5.75 Å². The van der Waals surface area contributed by atoms with Crippen molar-refractivity contribution in [3.8, 4) is 0 Å². The molecule has 0 radical (unpaired) electrons. The van der Waals surface area contributed by atoms with Gasteiger partial charge in [0.15, 0.2) is 5.76 Å². The lowest BCUT2D eigenvalue weighted by Gasteiger charge is -2.15. The largest absolute Gasteiger partial charge is 0.451 e. The first kappa shape index (κ1) is 20.7. The summed E-state index contributed by atoms with van der Waals surface area (Å²) in [5.41, 5.74) is 7.36. The Bertz CT molecular complexity index is 961. The molecule has 0 bridgehead atoms. The van der Waals surface area contributed by atoms with E-state index in [-0.39, 0.29) is 24.1 Å². The molecule has 2 N–H and O–H groups in total. The number of hydrogen-bond donors (Lipinski definition) is 1. The van der Waals surface area contributed by atoms with Crippen molar-refractivity contribution in [3.05, 3.63) is 65.7 Å². The average Bonchev–Trinajstić information content (AvgIpc) is 3.32. The van der Waals surface area contributed by atoms with Gasteiger partial charge in [0, 0.05) is 34.7 Å². The molecule has 1 unspecified atom stereocenters. The molecule has 4 rings (SSSR count). The van der Waals surface area contributed by atoms with Gasteiger partial charge >= 0.3 is 0 Å². The lowest BCUT2D eigenvalue weighted by atomic mass is 10.1. The third kappa shape index (κ3) is 4.19. The minimum Gasteiger partial charge on any atom is -0.451 e. The van der Waals surface area contributed by atoms with Crippen LogP contribution < -0.4 is 5.73 Å². The molecule has 148 valence electrons. The molecule has 4 nitrogen and oxygen atoms in total. The molecule has 28 heavy (non-hydrogen) atoms. The van der Waals surface area contributed by atoms with Gasteiger partial charge in [0.1, 0.15) is 11.4 Å². The number of hydrogen-bond acceptors (Lipinski definition) is 4. The SMILES string of the molecule is Cl.NCC1CCN(C(=O)c2oc3ccccc3c2CSc2ccc(F)cc2)C1. The van der Waals surface area contributed by atoms with Crippen LogP contribution in [0.25, 0.3) is 11.0 Å². The Balaban J connectivity index is 0.00000225. The Morgan fingerprint density at radius 2 is 1.96 bits per heavy atom. The number of furan rings is 1. The highest BCUT2D eigenvalue weighted by Gasteiger charge is 2.30. The van der Waals surface area contributed by atoms with E-state index >= 15 is 0 Å². The van der Waals surface area contributed by atoms with Gasteiger partial charge in [-0.15, -0.1) is 24.2 Å². The lowest BCUT2D eigenvalue weighted by Crippen LogP contribution is -2.30. The summed E-state index contributed by atoms with van der Waals surface area (Å²) in [5.74, 6) is 1.01. The summed E-state index contributed by atoms with van der Waals surface area (Å²) in [5, 5.41) is 0.949. The van der Waals surface area contributed by atoms with Crippen molar-refractivity contribution < 1.29 is 13.6 Å². The summed E-state index contributed by atoms with van der Waals surface area (Å²) in [6, 6.07) is 14.1. The standard InChI is InChI=1S/C21H21FN2O2S.ClH/c22-15-5-7-16(8-6-15)27-13-18-17-3-1-2-4-19(17)26-20(18)21(25)24-10-9-14(11-23)12-24;/h1-8,14H,9-13,23H2;1H. The summed E-state index contributed by atoms with van der Waals surface area (Å²) in [6.07, 6.45) is 0.933. The van der Waals surface area contributed by atoms with Crippen LogP contribution in [-0.4, -0.2) is 30.4 Å². The van der Waals surface area contributed by atoms with E-state index in [2.05, 4.69) is 0 Å². The number of nitrogens with two attached hydrogens (primary N) is 1. The number of thioether (sulfide) groups is 1. The molecule has 2 aromatic carbocycles. The highest BCUT2D eigenvalue weighted by atomic mass is 35.5. The number of amides is 1. The monoisotopic (exact) mass is 420 g/mol. The van der Waals surface area contributed by atoms with Crippen LogP contribution in [0.2, 0.25) is 0 Å². The maximum atomic E-state index is 13.1. The topological polar surface area (TPSA) is 59.5 Å². The number of rotatable bonds is 5. The number of para-hydroxylation sites is 1. The predicted molar refractivity (Wildman–Crippen MR) is 112 cm³/mol. The zero-order valence-electron chi connectivity index (χ0n) is 15.3. The van der Waals surface area contributed by atoms with Gasteiger partial charge in [-0.1, -0.05) is 18.2 Å². The van der Waals surface area contributed by atoms with Crippen LogP contribution in [0.1, 0.15) is 22.5 Å². The minimum atomic E-state index is -0.257. The van der Waals surface area contributed by atoms with Crippen LogP contribution in [0.4, 0.5) is 4.39 Å². The molecule has 1 aromatic heterocycles.